The Kier molecular flexibility index (Phi) is 4.09. The fourth-order valence-corrected chi connectivity index (χ4v) is 2.06. The quantitative estimate of drug-likeness (QED) is 0.827. The van der Waals surface area contributed by atoms with Crippen LogP contribution in [0, 0.1) is 5.92 Å². The Morgan fingerprint density at radius 1 is 1.56 bits per heavy atom. The monoisotopic (exact) mass is 250 g/mol. The van der Waals surface area contributed by atoms with Crippen molar-refractivity contribution < 1.29 is 9.90 Å². The molecule has 1 fully saturated rings. The van der Waals surface area contributed by atoms with Gasteiger partial charge in [0.15, 0.2) is 5.69 Å². The molecule has 0 spiro atoms. The van der Waals surface area contributed by atoms with Crippen LogP contribution < -0.4 is 5.32 Å². The van der Waals surface area contributed by atoms with Crippen LogP contribution in [0.5, 0.6) is 0 Å². The van der Waals surface area contributed by atoms with E-state index in [0.717, 1.165) is 32.5 Å². The number of aromatic carboxylic acids is 1. The van der Waals surface area contributed by atoms with E-state index in [-0.39, 0.29) is 5.69 Å². The highest BCUT2D eigenvalue weighted by atomic mass is 16.4. The molecule has 0 amide bonds. The summed E-state index contributed by atoms with van der Waals surface area (Å²) < 4.78 is 0. The van der Waals surface area contributed by atoms with E-state index >= 15 is 0 Å². The number of anilines is 1. The standard InChI is InChI=1S/C12H18N4O2/c1-16-6-3-9(4-7-16)8-14-12-13-5-2-10(15-12)11(17)18/h2,5,9H,3-4,6-8H2,1H3,(H,17,18)(H,13,14,15). The van der Waals surface area contributed by atoms with Crippen LogP contribution in [0.25, 0.3) is 0 Å². The number of carbonyl (C=O) groups is 1. The molecule has 0 saturated carbocycles. The predicted octanol–water partition coefficient (Wildman–Crippen LogP) is 0.928. The maximum Gasteiger partial charge on any atom is 0.354 e. The molecule has 1 aliphatic rings. The summed E-state index contributed by atoms with van der Waals surface area (Å²) in [5, 5.41) is 12.0. The summed E-state index contributed by atoms with van der Waals surface area (Å²) in [5.74, 6) is -0.0214. The molecule has 2 heterocycles. The third-order valence-corrected chi connectivity index (χ3v) is 3.26. The SMILES string of the molecule is CN1CCC(CNc2nccc(C(=O)O)n2)CC1. The van der Waals surface area contributed by atoms with Crippen molar-refractivity contribution in [3.05, 3.63) is 18.0 Å². The second-order valence-corrected chi connectivity index (χ2v) is 4.70. The van der Waals surface area contributed by atoms with Crippen molar-refractivity contribution in [1.82, 2.24) is 14.9 Å². The van der Waals surface area contributed by atoms with Gasteiger partial charge in [0.25, 0.3) is 0 Å². The van der Waals surface area contributed by atoms with Crippen LogP contribution in [0.1, 0.15) is 23.3 Å². The Hall–Kier alpha value is -1.69. The lowest BCUT2D eigenvalue weighted by atomic mass is 9.97. The molecule has 6 nitrogen and oxygen atoms in total. The van der Waals surface area contributed by atoms with Crippen LogP contribution in [-0.2, 0) is 0 Å². The predicted molar refractivity (Wildman–Crippen MR) is 67.7 cm³/mol. The molecule has 0 unspecified atom stereocenters. The second kappa shape index (κ2) is 5.77. The molecule has 0 bridgehead atoms. The topological polar surface area (TPSA) is 78.4 Å². The van der Waals surface area contributed by atoms with Gasteiger partial charge >= 0.3 is 5.97 Å². The van der Waals surface area contributed by atoms with Crippen molar-refractivity contribution in [1.29, 1.82) is 0 Å². The van der Waals surface area contributed by atoms with Gasteiger partial charge in [0.1, 0.15) is 0 Å². The maximum absolute atomic E-state index is 10.8. The highest BCUT2D eigenvalue weighted by molar-refractivity contribution is 5.85. The van der Waals surface area contributed by atoms with Crippen LogP contribution >= 0.6 is 0 Å². The Labute approximate surface area is 106 Å². The van der Waals surface area contributed by atoms with E-state index in [1.54, 1.807) is 0 Å². The first-order valence-corrected chi connectivity index (χ1v) is 6.14. The van der Waals surface area contributed by atoms with E-state index in [1.165, 1.54) is 12.3 Å². The summed E-state index contributed by atoms with van der Waals surface area (Å²) in [4.78, 5) is 21.1. The van der Waals surface area contributed by atoms with E-state index in [2.05, 4.69) is 27.2 Å². The molecule has 1 aromatic rings. The largest absolute Gasteiger partial charge is 0.477 e. The third-order valence-electron chi connectivity index (χ3n) is 3.26. The summed E-state index contributed by atoms with van der Waals surface area (Å²) >= 11 is 0. The molecule has 0 aliphatic carbocycles. The average Bonchev–Trinajstić information content (AvgIpc) is 2.38. The van der Waals surface area contributed by atoms with Crippen molar-refractivity contribution in [2.75, 3.05) is 32.0 Å². The fourth-order valence-electron chi connectivity index (χ4n) is 2.06. The zero-order chi connectivity index (χ0) is 13.0. The summed E-state index contributed by atoms with van der Waals surface area (Å²) in [6, 6.07) is 1.39. The normalized spacial score (nSPS) is 17.6. The first kappa shape index (κ1) is 12.8. The van der Waals surface area contributed by atoms with Gasteiger partial charge in [-0.05, 0) is 45.0 Å². The van der Waals surface area contributed by atoms with Crippen molar-refractivity contribution in [3.8, 4) is 0 Å². The maximum atomic E-state index is 10.8. The minimum atomic E-state index is -1.03. The molecule has 18 heavy (non-hydrogen) atoms. The number of rotatable bonds is 4. The van der Waals surface area contributed by atoms with E-state index in [0.29, 0.717) is 11.9 Å². The number of nitrogens with zero attached hydrogens (tertiary/aromatic N) is 3. The van der Waals surface area contributed by atoms with E-state index in [4.69, 9.17) is 5.11 Å². The highest BCUT2D eigenvalue weighted by Crippen LogP contribution is 2.16. The second-order valence-electron chi connectivity index (χ2n) is 4.70. The molecule has 0 aromatic carbocycles. The van der Waals surface area contributed by atoms with Crippen molar-refractivity contribution in [2.45, 2.75) is 12.8 Å². The van der Waals surface area contributed by atoms with Crippen LogP contribution in [0.2, 0.25) is 0 Å². The van der Waals surface area contributed by atoms with Gasteiger partial charge in [-0.2, -0.15) is 0 Å². The summed E-state index contributed by atoms with van der Waals surface area (Å²) in [6.45, 7) is 3.03. The smallest absolute Gasteiger partial charge is 0.354 e. The minimum absolute atomic E-state index is 0.0240. The first-order chi connectivity index (χ1) is 8.65. The molecule has 6 heteroatoms. The van der Waals surface area contributed by atoms with Crippen LogP contribution in [-0.4, -0.2) is 52.6 Å². The molecule has 2 rings (SSSR count). The van der Waals surface area contributed by atoms with Gasteiger partial charge in [-0.3, -0.25) is 0 Å². The van der Waals surface area contributed by atoms with Gasteiger partial charge in [0.2, 0.25) is 5.95 Å². The molecular formula is C12H18N4O2. The van der Waals surface area contributed by atoms with Crippen LogP contribution in [0.15, 0.2) is 12.3 Å². The first-order valence-electron chi connectivity index (χ1n) is 6.14. The Balaban J connectivity index is 1.86. The molecule has 98 valence electrons. The summed E-state index contributed by atoms with van der Waals surface area (Å²) in [5.41, 5.74) is 0.0240. The number of hydrogen-bond acceptors (Lipinski definition) is 5. The number of carboxylic acids is 1. The molecule has 2 N–H and O–H groups in total. The van der Waals surface area contributed by atoms with Crippen LogP contribution in [0.4, 0.5) is 5.95 Å². The van der Waals surface area contributed by atoms with E-state index < -0.39 is 5.97 Å². The van der Waals surface area contributed by atoms with Gasteiger partial charge in [-0.25, -0.2) is 14.8 Å². The summed E-state index contributed by atoms with van der Waals surface area (Å²) in [6.07, 6.45) is 3.78. The Bertz CT molecular complexity index is 416. The number of hydrogen-bond donors (Lipinski definition) is 2. The number of aromatic nitrogens is 2. The zero-order valence-electron chi connectivity index (χ0n) is 10.5. The highest BCUT2D eigenvalue weighted by Gasteiger charge is 2.16. The lowest BCUT2D eigenvalue weighted by Gasteiger charge is -2.28. The van der Waals surface area contributed by atoms with Gasteiger partial charge in [-0.15, -0.1) is 0 Å². The fraction of sp³-hybridized carbons (Fsp3) is 0.583. The van der Waals surface area contributed by atoms with E-state index in [9.17, 15) is 4.79 Å². The van der Waals surface area contributed by atoms with Gasteiger partial charge in [-0.1, -0.05) is 0 Å². The molecule has 1 aromatic heterocycles. The minimum Gasteiger partial charge on any atom is -0.477 e. The lowest BCUT2D eigenvalue weighted by molar-refractivity contribution is 0.0690. The number of nitrogens with one attached hydrogen (secondary N) is 1. The number of piperidine rings is 1. The molecule has 1 aliphatic heterocycles. The van der Waals surface area contributed by atoms with Gasteiger partial charge < -0.3 is 15.3 Å². The van der Waals surface area contributed by atoms with E-state index in [1.807, 2.05) is 0 Å². The molecular weight excluding hydrogens is 232 g/mol. The lowest BCUT2D eigenvalue weighted by Crippen LogP contribution is -2.33. The molecule has 0 radical (unpaired) electrons. The Morgan fingerprint density at radius 3 is 2.94 bits per heavy atom. The Morgan fingerprint density at radius 2 is 2.28 bits per heavy atom. The van der Waals surface area contributed by atoms with Crippen molar-refractivity contribution in [3.63, 3.8) is 0 Å². The van der Waals surface area contributed by atoms with Crippen molar-refractivity contribution >= 4 is 11.9 Å². The third kappa shape index (κ3) is 3.40. The summed E-state index contributed by atoms with van der Waals surface area (Å²) in [7, 11) is 2.13. The number of carboxylic acid groups (broad SMARTS) is 1. The molecule has 0 atom stereocenters. The zero-order valence-corrected chi connectivity index (χ0v) is 10.5. The van der Waals surface area contributed by atoms with Gasteiger partial charge in [0.05, 0.1) is 0 Å². The van der Waals surface area contributed by atoms with Gasteiger partial charge in [0, 0.05) is 12.7 Å². The average molecular weight is 250 g/mol. The molecule has 1 saturated heterocycles. The van der Waals surface area contributed by atoms with Crippen LogP contribution in [0.3, 0.4) is 0 Å². The number of likely N-dealkylation sites (tertiary alicyclic amines) is 1. The van der Waals surface area contributed by atoms with Crippen molar-refractivity contribution in [2.24, 2.45) is 5.92 Å².